The molecule has 0 atom stereocenters. The number of nitrogens with zero attached hydrogens (tertiary/aromatic N) is 1. The molecule has 2 rings (SSSR count). The van der Waals surface area contributed by atoms with E-state index in [1.165, 1.54) is 5.52 Å². The van der Waals surface area contributed by atoms with Crippen LogP contribution in [0.4, 0.5) is 0 Å². The minimum atomic E-state index is 0.880. The number of methoxy groups -OCH3 is 1. The monoisotopic (exact) mass is 163 g/mol. The predicted octanol–water partition coefficient (Wildman–Crippen LogP) is 1.00. The number of H-pyrrole nitrogens is 1. The molecule has 12 heavy (non-hydrogen) atoms. The van der Waals surface area contributed by atoms with Crippen molar-refractivity contribution in [2.24, 2.45) is 7.05 Å². The van der Waals surface area contributed by atoms with Gasteiger partial charge < -0.3 is 4.74 Å². The zero-order chi connectivity index (χ0) is 8.55. The number of imidazole rings is 1. The van der Waals surface area contributed by atoms with E-state index in [4.69, 9.17) is 4.74 Å². The minimum Gasteiger partial charge on any atom is -0.497 e. The third kappa shape index (κ3) is 0.942. The van der Waals surface area contributed by atoms with Crippen LogP contribution in [0.1, 0.15) is 0 Å². The fourth-order valence-electron chi connectivity index (χ4n) is 1.30. The molecule has 3 heteroatoms. The van der Waals surface area contributed by atoms with Crippen molar-refractivity contribution in [3.8, 4) is 5.75 Å². The van der Waals surface area contributed by atoms with Gasteiger partial charge in [-0.2, -0.15) is 0 Å². The number of rotatable bonds is 1. The third-order valence-electron chi connectivity index (χ3n) is 2.00. The lowest BCUT2D eigenvalue weighted by molar-refractivity contribution is -0.644. The standard InChI is InChI=1S/C9H10N2O/c1-11-6-10-8-5-7(12-2)3-4-9(8)11/h3-6H,1-2H3/p+1. The Morgan fingerprint density at radius 2 is 2.25 bits per heavy atom. The maximum atomic E-state index is 5.10. The van der Waals surface area contributed by atoms with Crippen LogP contribution in [-0.4, -0.2) is 12.1 Å². The smallest absolute Gasteiger partial charge is 0.242 e. The summed E-state index contributed by atoms with van der Waals surface area (Å²) < 4.78 is 7.14. The lowest BCUT2D eigenvalue weighted by atomic mass is 10.3. The van der Waals surface area contributed by atoms with Gasteiger partial charge in [-0.15, -0.1) is 0 Å². The second kappa shape index (κ2) is 2.52. The second-order valence-corrected chi connectivity index (χ2v) is 2.77. The van der Waals surface area contributed by atoms with Gasteiger partial charge in [-0.3, -0.25) is 0 Å². The SMILES string of the molecule is COc1ccc2c(c1)[nH]c[n+]2C. The van der Waals surface area contributed by atoms with Crippen LogP contribution >= 0.6 is 0 Å². The summed E-state index contributed by atoms with van der Waals surface area (Å²) >= 11 is 0. The topological polar surface area (TPSA) is 28.9 Å². The van der Waals surface area contributed by atoms with Crippen LogP contribution in [0.2, 0.25) is 0 Å². The van der Waals surface area contributed by atoms with Gasteiger partial charge in [-0.05, 0) is 12.1 Å². The molecule has 0 spiro atoms. The Bertz CT molecular complexity index is 406. The van der Waals surface area contributed by atoms with Gasteiger partial charge in [0.05, 0.1) is 14.2 Å². The van der Waals surface area contributed by atoms with E-state index in [1.54, 1.807) is 7.11 Å². The molecule has 0 unspecified atom stereocenters. The molecule has 62 valence electrons. The minimum absolute atomic E-state index is 0.880. The van der Waals surface area contributed by atoms with Gasteiger partial charge in [0.2, 0.25) is 6.33 Å². The molecular formula is C9H11N2O+. The van der Waals surface area contributed by atoms with Crippen LogP contribution < -0.4 is 9.30 Å². The summed E-state index contributed by atoms with van der Waals surface area (Å²) in [5.74, 6) is 0.880. The van der Waals surface area contributed by atoms with Crippen molar-refractivity contribution in [1.29, 1.82) is 0 Å². The molecule has 0 saturated heterocycles. The van der Waals surface area contributed by atoms with Gasteiger partial charge in [0.25, 0.3) is 0 Å². The summed E-state index contributed by atoms with van der Waals surface area (Å²) in [5, 5.41) is 0. The number of nitrogens with one attached hydrogen (secondary N) is 1. The van der Waals surface area contributed by atoms with E-state index in [9.17, 15) is 0 Å². The van der Waals surface area contributed by atoms with Crippen molar-refractivity contribution in [3.63, 3.8) is 0 Å². The van der Waals surface area contributed by atoms with Crippen molar-refractivity contribution in [2.45, 2.75) is 0 Å². The van der Waals surface area contributed by atoms with Crippen molar-refractivity contribution >= 4 is 11.0 Å². The molecule has 1 heterocycles. The van der Waals surface area contributed by atoms with Crippen LogP contribution in [0.25, 0.3) is 11.0 Å². The maximum Gasteiger partial charge on any atom is 0.242 e. The van der Waals surface area contributed by atoms with Gasteiger partial charge in [0, 0.05) is 6.07 Å². The molecule has 0 saturated carbocycles. The predicted molar refractivity (Wildman–Crippen MR) is 46.0 cm³/mol. The summed E-state index contributed by atoms with van der Waals surface area (Å²) in [6.45, 7) is 0. The zero-order valence-electron chi connectivity index (χ0n) is 7.16. The molecule has 1 aromatic carbocycles. The van der Waals surface area contributed by atoms with E-state index < -0.39 is 0 Å². The highest BCUT2D eigenvalue weighted by atomic mass is 16.5. The fraction of sp³-hybridized carbons (Fsp3) is 0.222. The number of benzene rings is 1. The number of aromatic amines is 1. The average Bonchev–Trinajstić information content (AvgIpc) is 2.47. The first kappa shape index (κ1) is 7.16. The fourth-order valence-corrected chi connectivity index (χ4v) is 1.30. The Morgan fingerprint density at radius 1 is 1.42 bits per heavy atom. The maximum absolute atomic E-state index is 5.10. The van der Waals surface area contributed by atoms with Crippen molar-refractivity contribution in [2.75, 3.05) is 7.11 Å². The first-order valence-electron chi connectivity index (χ1n) is 3.82. The van der Waals surface area contributed by atoms with Gasteiger partial charge in [-0.1, -0.05) is 0 Å². The van der Waals surface area contributed by atoms with Crippen molar-refractivity contribution in [3.05, 3.63) is 24.5 Å². The molecule has 0 bridgehead atoms. The van der Waals surface area contributed by atoms with E-state index in [1.807, 2.05) is 36.1 Å². The number of hydrogen-bond donors (Lipinski definition) is 1. The highest BCUT2D eigenvalue weighted by Gasteiger charge is 2.05. The molecule has 3 nitrogen and oxygen atoms in total. The highest BCUT2D eigenvalue weighted by molar-refractivity contribution is 5.72. The van der Waals surface area contributed by atoms with E-state index in [0.717, 1.165) is 11.3 Å². The first-order valence-corrected chi connectivity index (χ1v) is 3.82. The number of ether oxygens (including phenoxy) is 1. The quantitative estimate of drug-likeness (QED) is 0.624. The Balaban J connectivity index is 2.69. The zero-order valence-corrected chi connectivity index (χ0v) is 7.16. The van der Waals surface area contributed by atoms with Crippen molar-refractivity contribution in [1.82, 2.24) is 4.98 Å². The second-order valence-electron chi connectivity index (χ2n) is 2.77. The largest absolute Gasteiger partial charge is 0.497 e. The molecule has 0 aliphatic carbocycles. The molecule has 1 aromatic heterocycles. The van der Waals surface area contributed by atoms with E-state index in [-0.39, 0.29) is 0 Å². The Hall–Kier alpha value is -1.51. The molecule has 1 N–H and O–H groups in total. The molecule has 0 fully saturated rings. The number of aryl methyl sites for hydroxylation is 1. The summed E-state index contributed by atoms with van der Waals surface area (Å²) in [6, 6.07) is 5.97. The lowest BCUT2D eigenvalue weighted by Gasteiger charge is -1.95. The Kier molecular flexibility index (Phi) is 1.50. The highest BCUT2D eigenvalue weighted by Crippen LogP contribution is 2.15. The van der Waals surface area contributed by atoms with Crippen LogP contribution in [0, 0.1) is 0 Å². The van der Waals surface area contributed by atoms with Crippen LogP contribution in [-0.2, 0) is 7.05 Å². The lowest BCUT2D eigenvalue weighted by Crippen LogP contribution is -2.24. The summed E-state index contributed by atoms with van der Waals surface area (Å²) in [5.41, 5.74) is 2.27. The molecule has 0 radical (unpaired) electrons. The number of hydrogen-bond acceptors (Lipinski definition) is 1. The Labute approximate surface area is 70.6 Å². The van der Waals surface area contributed by atoms with Crippen molar-refractivity contribution < 1.29 is 9.30 Å². The molecule has 0 aliphatic rings. The van der Waals surface area contributed by atoms with Gasteiger partial charge in [0.15, 0.2) is 11.0 Å². The number of aromatic nitrogens is 2. The number of fused-ring (bicyclic) bond motifs is 1. The molecule has 2 aromatic rings. The summed E-state index contributed by atoms with van der Waals surface area (Å²) in [4.78, 5) is 3.15. The van der Waals surface area contributed by atoms with Crippen LogP contribution in [0.3, 0.4) is 0 Å². The molecular weight excluding hydrogens is 152 g/mol. The van der Waals surface area contributed by atoms with Gasteiger partial charge in [0.1, 0.15) is 5.75 Å². The average molecular weight is 163 g/mol. The molecule has 0 amide bonds. The van der Waals surface area contributed by atoms with E-state index in [0.29, 0.717) is 0 Å². The first-order chi connectivity index (χ1) is 5.81. The van der Waals surface area contributed by atoms with Gasteiger partial charge >= 0.3 is 0 Å². The van der Waals surface area contributed by atoms with E-state index in [2.05, 4.69) is 4.98 Å². The molecule has 0 aliphatic heterocycles. The normalized spacial score (nSPS) is 10.5. The Morgan fingerprint density at radius 3 is 3.00 bits per heavy atom. The third-order valence-corrected chi connectivity index (χ3v) is 2.00. The van der Waals surface area contributed by atoms with Gasteiger partial charge in [-0.25, -0.2) is 9.55 Å². The summed E-state index contributed by atoms with van der Waals surface area (Å²) in [7, 11) is 3.68. The summed E-state index contributed by atoms with van der Waals surface area (Å²) in [6.07, 6.45) is 1.92. The van der Waals surface area contributed by atoms with E-state index >= 15 is 0 Å². The van der Waals surface area contributed by atoms with Crippen LogP contribution in [0.15, 0.2) is 24.5 Å². The van der Waals surface area contributed by atoms with Crippen LogP contribution in [0.5, 0.6) is 5.75 Å².